The van der Waals surface area contributed by atoms with E-state index in [0.29, 0.717) is 36.0 Å². The van der Waals surface area contributed by atoms with E-state index in [1.807, 2.05) is 44.1 Å². The minimum atomic E-state index is -3.90. The molecule has 1 amide bonds. The number of sulfonamides is 1. The second-order valence-corrected chi connectivity index (χ2v) is 9.88. The molecule has 1 heterocycles. The number of carbonyl (C=O) groups excluding carboxylic acids is 1. The number of fused-ring (bicyclic) bond motifs is 1. The molecule has 1 aliphatic rings. The summed E-state index contributed by atoms with van der Waals surface area (Å²) in [7, 11) is -0.000944. The largest absolute Gasteiger partial charge is 0.490 e. The van der Waals surface area contributed by atoms with E-state index in [2.05, 4.69) is 10.0 Å². The molecule has 0 atom stereocenters. The number of amides is 1. The highest BCUT2D eigenvalue weighted by molar-refractivity contribution is 7.92. The van der Waals surface area contributed by atoms with Crippen LogP contribution in [0.5, 0.6) is 11.5 Å². The quantitative estimate of drug-likeness (QED) is 0.546. The Hall–Kier alpha value is -3.72. The Bertz CT molecular complexity index is 1320. The van der Waals surface area contributed by atoms with Gasteiger partial charge in [0.05, 0.1) is 18.1 Å². The maximum Gasteiger partial charge on any atom is 0.262 e. The predicted octanol–water partition coefficient (Wildman–Crippen LogP) is 4.28. The molecule has 34 heavy (non-hydrogen) atoms. The first-order valence-electron chi connectivity index (χ1n) is 10.8. The summed E-state index contributed by atoms with van der Waals surface area (Å²) in [6, 6.07) is 16.6. The second kappa shape index (κ2) is 9.64. The molecule has 178 valence electrons. The Morgan fingerprint density at radius 2 is 1.71 bits per heavy atom. The lowest BCUT2D eigenvalue weighted by molar-refractivity contribution is 0.102. The van der Waals surface area contributed by atoms with Gasteiger partial charge >= 0.3 is 0 Å². The molecule has 2 N–H and O–H groups in total. The molecule has 1 aliphatic heterocycles. The van der Waals surface area contributed by atoms with Crippen LogP contribution in [0.3, 0.4) is 0 Å². The first kappa shape index (κ1) is 23.4. The molecular weight excluding hydrogens is 454 g/mol. The molecule has 4 rings (SSSR count). The van der Waals surface area contributed by atoms with E-state index < -0.39 is 10.0 Å². The number of benzene rings is 3. The van der Waals surface area contributed by atoms with E-state index in [1.165, 1.54) is 18.2 Å². The van der Waals surface area contributed by atoms with Gasteiger partial charge in [-0.15, -0.1) is 0 Å². The average molecular weight is 482 g/mol. The highest BCUT2D eigenvalue weighted by Crippen LogP contribution is 2.32. The molecule has 8 nitrogen and oxygen atoms in total. The molecule has 0 aromatic heterocycles. The van der Waals surface area contributed by atoms with Crippen LogP contribution < -0.4 is 24.4 Å². The average Bonchev–Trinajstić information content (AvgIpc) is 3.05. The van der Waals surface area contributed by atoms with Crippen molar-refractivity contribution in [1.29, 1.82) is 0 Å². The number of hydrogen-bond donors (Lipinski definition) is 2. The van der Waals surface area contributed by atoms with Crippen molar-refractivity contribution in [2.45, 2.75) is 18.2 Å². The van der Waals surface area contributed by atoms with E-state index in [1.54, 1.807) is 24.3 Å². The molecule has 0 saturated heterocycles. The van der Waals surface area contributed by atoms with Crippen molar-refractivity contribution in [3.8, 4) is 11.5 Å². The van der Waals surface area contributed by atoms with Crippen LogP contribution in [0.4, 0.5) is 17.1 Å². The molecule has 0 spiro atoms. The molecule has 3 aromatic rings. The van der Waals surface area contributed by atoms with Gasteiger partial charge in [0.2, 0.25) is 0 Å². The zero-order chi connectivity index (χ0) is 24.3. The topological polar surface area (TPSA) is 97.0 Å². The van der Waals surface area contributed by atoms with E-state index in [-0.39, 0.29) is 16.5 Å². The fourth-order valence-corrected chi connectivity index (χ4v) is 4.57. The number of anilines is 3. The summed E-state index contributed by atoms with van der Waals surface area (Å²) in [5.41, 5.74) is 3.25. The number of hydrogen-bond acceptors (Lipinski definition) is 6. The molecular formula is C25H27N3O5S. The molecule has 0 saturated carbocycles. The van der Waals surface area contributed by atoms with Crippen LogP contribution in [0.1, 0.15) is 22.3 Å². The van der Waals surface area contributed by atoms with Crippen LogP contribution in [0.2, 0.25) is 0 Å². The summed E-state index contributed by atoms with van der Waals surface area (Å²) in [4.78, 5) is 14.9. The lowest BCUT2D eigenvalue weighted by Crippen LogP contribution is -2.16. The SMILES string of the molecule is Cc1cc(N(C)C)ccc1NC(=O)c1cccc(NS(=O)(=O)c2ccc3c(c2)OCCCO3)c1. The van der Waals surface area contributed by atoms with Gasteiger partial charge < -0.3 is 19.7 Å². The van der Waals surface area contributed by atoms with Crippen LogP contribution in [0.25, 0.3) is 0 Å². The van der Waals surface area contributed by atoms with Crippen LogP contribution >= 0.6 is 0 Å². The van der Waals surface area contributed by atoms with Gasteiger partial charge in [-0.25, -0.2) is 8.42 Å². The van der Waals surface area contributed by atoms with Crippen molar-refractivity contribution in [3.05, 3.63) is 71.8 Å². The maximum absolute atomic E-state index is 13.0. The maximum atomic E-state index is 13.0. The Kier molecular flexibility index (Phi) is 6.65. The van der Waals surface area contributed by atoms with E-state index in [0.717, 1.165) is 17.7 Å². The summed E-state index contributed by atoms with van der Waals surface area (Å²) in [5, 5.41) is 2.89. The van der Waals surface area contributed by atoms with Crippen LogP contribution in [-0.4, -0.2) is 41.6 Å². The number of carbonyl (C=O) groups is 1. The zero-order valence-corrected chi connectivity index (χ0v) is 20.1. The van der Waals surface area contributed by atoms with Crippen LogP contribution in [-0.2, 0) is 10.0 Å². The minimum absolute atomic E-state index is 0.0446. The number of aryl methyl sites for hydroxylation is 1. The first-order chi connectivity index (χ1) is 16.2. The van der Waals surface area contributed by atoms with E-state index >= 15 is 0 Å². The molecule has 0 aliphatic carbocycles. The van der Waals surface area contributed by atoms with Gasteiger partial charge in [0, 0.05) is 49.2 Å². The van der Waals surface area contributed by atoms with E-state index in [9.17, 15) is 13.2 Å². The normalized spacial score (nSPS) is 13.0. The first-order valence-corrected chi connectivity index (χ1v) is 12.3. The Morgan fingerprint density at radius 1 is 0.941 bits per heavy atom. The standard InChI is InChI=1S/C25H27N3O5S/c1-17-14-20(28(2)3)8-10-22(17)26-25(29)18-6-4-7-19(15-18)27-34(30,31)21-9-11-23-24(16-21)33-13-5-12-32-23/h4,6-11,14-16,27H,5,12-13H2,1-3H3,(H,26,29). The third kappa shape index (κ3) is 5.26. The Morgan fingerprint density at radius 3 is 2.44 bits per heavy atom. The van der Waals surface area contributed by atoms with Gasteiger partial charge in [0.25, 0.3) is 15.9 Å². The summed E-state index contributed by atoms with van der Waals surface area (Å²) in [6.45, 7) is 2.90. The molecule has 9 heteroatoms. The summed E-state index contributed by atoms with van der Waals surface area (Å²) < 4.78 is 39.6. The third-order valence-electron chi connectivity index (χ3n) is 5.38. The second-order valence-electron chi connectivity index (χ2n) is 8.19. The lowest BCUT2D eigenvalue weighted by atomic mass is 10.1. The summed E-state index contributed by atoms with van der Waals surface area (Å²) >= 11 is 0. The number of nitrogens with zero attached hydrogens (tertiary/aromatic N) is 1. The van der Waals surface area contributed by atoms with Gasteiger partial charge in [-0.3, -0.25) is 9.52 Å². The van der Waals surface area contributed by atoms with Crippen molar-refractivity contribution >= 4 is 33.0 Å². The molecule has 0 fully saturated rings. The Labute approximate surface area is 199 Å². The fraction of sp³-hybridized carbons (Fsp3) is 0.240. The van der Waals surface area contributed by atoms with Crippen molar-refractivity contribution in [2.24, 2.45) is 0 Å². The number of nitrogens with one attached hydrogen (secondary N) is 2. The summed E-state index contributed by atoms with van der Waals surface area (Å²) in [6.07, 6.45) is 0.725. The van der Waals surface area contributed by atoms with Crippen molar-refractivity contribution in [3.63, 3.8) is 0 Å². The van der Waals surface area contributed by atoms with Crippen molar-refractivity contribution in [2.75, 3.05) is 42.2 Å². The highest BCUT2D eigenvalue weighted by Gasteiger charge is 2.19. The Balaban J connectivity index is 1.51. The van der Waals surface area contributed by atoms with Gasteiger partial charge in [-0.2, -0.15) is 0 Å². The van der Waals surface area contributed by atoms with E-state index in [4.69, 9.17) is 9.47 Å². The smallest absolute Gasteiger partial charge is 0.262 e. The third-order valence-corrected chi connectivity index (χ3v) is 6.76. The van der Waals surface area contributed by atoms with Crippen molar-refractivity contribution in [1.82, 2.24) is 0 Å². The highest BCUT2D eigenvalue weighted by atomic mass is 32.2. The predicted molar refractivity (Wildman–Crippen MR) is 133 cm³/mol. The lowest BCUT2D eigenvalue weighted by Gasteiger charge is -2.16. The molecule has 3 aromatic carbocycles. The van der Waals surface area contributed by atoms with Gasteiger partial charge in [0.15, 0.2) is 11.5 Å². The molecule has 0 unspecified atom stereocenters. The monoisotopic (exact) mass is 481 g/mol. The molecule has 0 radical (unpaired) electrons. The summed E-state index contributed by atoms with van der Waals surface area (Å²) in [5.74, 6) is 0.575. The molecule has 0 bridgehead atoms. The fourth-order valence-electron chi connectivity index (χ4n) is 3.51. The van der Waals surface area contributed by atoms with Crippen LogP contribution in [0, 0.1) is 6.92 Å². The van der Waals surface area contributed by atoms with Crippen molar-refractivity contribution < 1.29 is 22.7 Å². The minimum Gasteiger partial charge on any atom is -0.490 e. The van der Waals surface area contributed by atoms with Crippen LogP contribution in [0.15, 0.2) is 65.6 Å². The van der Waals surface area contributed by atoms with Gasteiger partial charge in [0.1, 0.15) is 0 Å². The zero-order valence-electron chi connectivity index (χ0n) is 19.3. The number of ether oxygens (including phenoxy) is 2. The van der Waals surface area contributed by atoms with Gasteiger partial charge in [-0.05, 0) is 61.0 Å². The van der Waals surface area contributed by atoms with Gasteiger partial charge in [-0.1, -0.05) is 6.07 Å². The number of rotatable bonds is 6.